The van der Waals surface area contributed by atoms with E-state index in [4.69, 9.17) is 9.47 Å². The van der Waals surface area contributed by atoms with Gasteiger partial charge in [0.05, 0.1) is 61.5 Å². The molecule has 0 saturated carbocycles. The molecule has 19 aromatic carbocycles. The fraction of sp³-hybridized carbons (Fsp3) is 0. The van der Waals surface area contributed by atoms with Crippen LogP contribution in [0.15, 0.2) is 425 Å². The minimum absolute atomic E-state index is 0.453. The van der Waals surface area contributed by atoms with E-state index in [1.165, 1.54) is 10.8 Å². The molecule has 0 saturated heterocycles. The Morgan fingerprint density at radius 1 is 0.189 bits per heavy atom. The van der Waals surface area contributed by atoms with Crippen molar-refractivity contribution in [2.75, 3.05) is 9.80 Å². The molecule has 0 unspecified atom stereocenters. The van der Waals surface area contributed by atoms with Crippen molar-refractivity contribution in [2.24, 2.45) is 0 Å². The van der Waals surface area contributed by atoms with Crippen LogP contribution >= 0.6 is 0 Å². The van der Waals surface area contributed by atoms with Crippen LogP contribution in [0, 0.1) is 0 Å². The van der Waals surface area contributed by atoms with Crippen LogP contribution in [0.25, 0.3) is 171 Å². The lowest BCUT2D eigenvalue weighted by molar-refractivity contribution is 0.487. The van der Waals surface area contributed by atoms with Crippen LogP contribution in [0.5, 0.6) is 23.0 Å². The lowest BCUT2D eigenvalue weighted by atomic mass is 9.33. The predicted octanol–water partition coefficient (Wildman–Crippen LogP) is 28.6. The summed E-state index contributed by atoms with van der Waals surface area (Å²) in [6.45, 7) is -0.453. The molecule has 0 aliphatic carbocycles. The van der Waals surface area contributed by atoms with E-state index in [1.54, 1.807) is 0 Å². The van der Waals surface area contributed by atoms with Gasteiger partial charge < -0.3 is 33.0 Å². The van der Waals surface area contributed by atoms with Gasteiger partial charge in [-0.3, -0.25) is 0 Å². The Morgan fingerprint density at radius 3 is 0.893 bits per heavy atom. The lowest BCUT2D eigenvalue weighted by Crippen LogP contribution is -2.61. The Hall–Kier alpha value is -16.2. The smallest absolute Gasteiger partial charge is 0.252 e. The van der Waals surface area contributed by atoms with Crippen LogP contribution in [0.3, 0.4) is 0 Å². The van der Waals surface area contributed by atoms with Gasteiger partial charge in [0.1, 0.15) is 23.0 Å². The number of aromatic nitrogens is 3. The van der Waals surface area contributed by atoms with Gasteiger partial charge in [0, 0.05) is 111 Å². The Labute approximate surface area is 704 Å². The summed E-state index contributed by atoms with van der Waals surface area (Å²) in [7, 11) is 0. The second-order valence-corrected chi connectivity index (χ2v) is 32.4. The zero-order valence-corrected chi connectivity index (χ0v) is 66.0. The molecule has 4 aliphatic rings. The molecule has 3 aromatic heterocycles. The van der Waals surface area contributed by atoms with Crippen LogP contribution < -0.4 is 35.7 Å². The fourth-order valence-electron chi connectivity index (χ4n) is 21.0. The van der Waals surface area contributed by atoms with Crippen molar-refractivity contribution >= 4 is 123 Å². The summed E-state index contributed by atoms with van der Waals surface area (Å²) in [5, 5.41) is 6.77. The average molecular weight is 1550 g/mol. The fourth-order valence-corrected chi connectivity index (χ4v) is 21.0. The maximum Gasteiger partial charge on any atom is 0.252 e. The number of ether oxygens (including phenoxy) is 2. The Bertz CT molecular complexity index is 7670. The first kappa shape index (κ1) is 68.0. The summed E-state index contributed by atoms with van der Waals surface area (Å²) >= 11 is 0. The summed E-state index contributed by atoms with van der Waals surface area (Å²) in [5.74, 6) is 2.95. The minimum atomic E-state index is -0.453. The van der Waals surface area contributed by atoms with Crippen LogP contribution in [-0.4, -0.2) is 20.4 Å². The molecule has 0 radical (unpaired) electrons. The zero-order chi connectivity index (χ0) is 79.8. The molecule has 0 amide bonds. The van der Waals surface area contributed by atoms with Gasteiger partial charge in [-0.1, -0.05) is 328 Å². The molecule has 0 atom stereocenters. The van der Waals surface area contributed by atoms with Gasteiger partial charge in [0.15, 0.2) is 0 Å². The molecule has 4 aliphatic heterocycles. The van der Waals surface area contributed by atoms with Crippen molar-refractivity contribution in [1.82, 2.24) is 13.7 Å². The van der Waals surface area contributed by atoms with Crippen molar-refractivity contribution < 1.29 is 9.47 Å². The first-order valence-corrected chi connectivity index (χ1v) is 42.0. The van der Waals surface area contributed by atoms with Crippen LogP contribution in [0.4, 0.5) is 34.1 Å². The van der Waals surface area contributed by atoms with Crippen LogP contribution in [-0.2, 0) is 0 Å². The second kappa shape index (κ2) is 26.7. The standard InChI is InChI=1S/C114H70BN5O2/c1-7-33-71(34-8-1)78-61-63-94-113-108(78)88-49-23-29-59-104(88)121-106-69-90-84-47-21-27-57-98(84)116(75-41-15-5-16-42-75)100(90)67-92(106)86-53-31-51-80(73-37-11-3-12-38-73)111(86)119(113)102-65-77(118-96-55-25-19-45-82(96)83-46-20-26-56-97(83)118)66-103-110(102)115(94)95-64-62-79(72-35-9-2-10-36-72)109-89-50-24-30-60-105(89)122-107-70-91-85-48-22-28-58-99(85)117(76-43-17-6-18-44-76)101(91)68-93(107)87-54-32-52-81(74-39-13-4-14-40-74)112(87)120(103)114(95)109/h1-70H. The van der Waals surface area contributed by atoms with Crippen molar-refractivity contribution in [2.45, 2.75) is 0 Å². The quantitative estimate of drug-likeness (QED) is 0.149. The summed E-state index contributed by atoms with van der Waals surface area (Å²) in [5.41, 5.74) is 35.7. The Morgan fingerprint density at radius 2 is 0.500 bits per heavy atom. The van der Waals surface area contributed by atoms with E-state index in [0.717, 1.165) is 234 Å². The Balaban J connectivity index is 0.893. The summed E-state index contributed by atoms with van der Waals surface area (Å²) < 4.78 is 23.5. The van der Waals surface area contributed by atoms with E-state index in [-0.39, 0.29) is 0 Å². The number of nitrogens with zero attached hydrogens (tertiary/aromatic N) is 5. The van der Waals surface area contributed by atoms with E-state index >= 15 is 0 Å². The number of para-hydroxylation sites is 10. The van der Waals surface area contributed by atoms with E-state index in [1.807, 2.05) is 0 Å². The molecule has 566 valence electrons. The summed E-state index contributed by atoms with van der Waals surface area (Å²) in [6.07, 6.45) is 0. The van der Waals surface area contributed by atoms with Gasteiger partial charge in [-0.15, -0.1) is 0 Å². The SMILES string of the molecule is c1ccc(-c2ccc3c4c2-c2ccccc2Oc2cc5c6ccccc6n(-c6ccccc6)c5cc2-c2cccc(-c5ccccc5)c2N4c2cc(-n4c5ccccc5c5ccccc54)cc4c2B3c2ccc(-c3ccccc3)c3c2N4c2c(-c4ccccc4)cccc2-c2cc4c(cc2Oc2ccccc2-3)c2ccccc2n4-c2ccccc2)cc1. The highest BCUT2D eigenvalue weighted by Crippen LogP contribution is 2.62. The molecule has 122 heavy (non-hydrogen) atoms. The maximum atomic E-state index is 8.04. The highest BCUT2D eigenvalue weighted by Gasteiger charge is 2.49. The van der Waals surface area contributed by atoms with Gasteiger partial charge in [-0.25, -0.2) is 0 Å². The first-order valence-electron chi connectivity index (χ1n) is 42.0. The van der Waals surface area contributed by atoms with E-state index < -0.39 is 6.71 Å². The third-order valence-electron chi connectivity index (χ3n) is 26.0. The van der Waals surface area contributed by atoms with Crippen LogP contribution in [0.2, 0.25) is 0 Å². The van der Waals surface area contributed by atoms with Crippen molar-refractivity contribution in [3.8, 4) is 129 Å². The van der Waals surface area contributed by atoms with Gasteiger partial charge in [0.2, 0.25) is 0 Å². The number of hydrogen-bond donors (Lipinski definition) is 0. The van der Waals surface area contributed by atoms with E-state index in [0.29, 0.717) is 0 Å². The molecule has 7 heterocycles. The average Bonchev–Trinajstić information content (AvgIpc) is 0.826. The number of hydrogen-bond acceptors (Lipinski definition) is 4. The number of fused-ring (bicyclic) bond motifs is 25. The molecule has 0 fully saturated rings. The highest BCUT2D eigenvalue weighted by molar-refractivity contribution is 7.00. The molecule has 0 N–H and O–H groups in total. The number of benzene rings is 19. The van der Waals surface area contributed by atoms with Crippen LogP contribution in [0.1, 0.15) is 0 Å². The topological polar surface area (TPSA) is 39.7 Å². The van der Waals surface area contributed by atoms with Crippen molar-refractivity contribution in [1.29, 1.82) is 0 Å². The third-order valence-corrected chi connectivity index (χ3v) is 26.0. The molecular formula is C114H70BN5O2. The molecule has 8 heteroatoms. The van der Waals surface area contributed by atoms with Gasteiger partial charge in [-0.2, -0.15) is 0 Å². The highest BCUT2D eigenvalue weighted by atomic mass is 16.5. The molecule has 7 nitrogen and oxygen atoms in total. The number of anilines is 6. The largest absolute Gasteiger partial charge is 0.456 e. The predicted molar refractivity (Wildman–Crippen MR) is 507 cm³/mol. The maximum absolute atomic E-state index is 8.04. The molecule has 22 aromatic rings. The second-order valence-electron chi connectivity index (χ2n) is 32.4. The van der Waals surface area contributed by atoms with Gasteiger partial charge in [-0.05, 0) is 147 Å². The molecule has 0 spiro atoms. The van der Waals surface area contributed by atoms with E-state index in [2.05, 4.69) is 448 Å². The number of rotatable bonds is 7. The van der Waals surface area contributed by atoms with Crippen molar-refractivity contribution in [3.63, 3.8) is 0 Å². The molecular weight excluding hydrogens is 1480 g/mol. The Kier molecular flexibility index (Phi) is 14.9. The van der Waals surface area contributed by atoms with Gasteiger partial charge >= 0.3 is 0 Å². The molecule has 26 rings (SSSR count). The minimum Gasteiger partial charge on any atom is -0.456 e. The van der Waals surface area contributed by atoms with E-state index in [9.17, 15) is 0 Å². The van der Waals surface area contributed by atoms with Gasteiger partial charge in [0.25, 0.3) is 6.71 Å². The third kappa shape index (κ3) is 9.97. The first-order chi connectivity index (χ1) is 60.6. The molecule has 0 bridgehead atoms. The monoisotopic (exact) mass is 1550 g/mol. The lowest BCUT2D eigenvalue weighted by Gasteiger charge is -2.47. The summed E-state index contributed by atoms with van der Waals surface area (Å²) in [6, 6.07) is 158. The normalized spacial score (nSPS) is 12.7. The summed E-state index contributed by atoms with van der Waals surface area (Å²) in [4.78, 5) is 5.49. The zero-order valence-electron chi connectivity index (χ0n) is 66.0. The van der Waals surface area contributed by atoms with Crippen molar-refractivity contribution in [3.05, 3.63) is 425 Å².